The molecular weight excluding hydrogens is 174 g/mol. The van der Waals surface area contributed by atoms with E-state index in [9.17, 15) is 4.79 Å². The van der Waals surface area contributed by atoms with Crippen molar-refractivity contribution in [3.8, 4) is 0 Å². The van der Waals surface area contributed by atoms with Crippen LogP contribution in [0.25, 0.3) is 0 Å². The Morgan fingerprint density at radius 3 is 2.64 bits per heavy atom. The van der Waals surface area contributed by atoms with Gasteiger partial charge in [-0.2, -0.15) is 0 Å². The number of hydrogen-bond donors (Lipinski definition) is 0. The minimum Gasteiger partial charge on any atom is -0.299 e. The van der Waals surface area contributed by atoms with Crippen LogP contribution in [0.5, 0.6) is 0 Å². The number of rotatable bonds is 4. The maximum absolute atomic E-state index is 11.8. The molecule has 0 radical (unpaired) electrons. The van der Waals surface area contributed by atoms with Crippen LogP contribution in [0, 0.1) is 5.41 Å². The van der Waals surface area contributed by atoms with Crippen molar-refractivity contribution in [1.82, 2.24) is 4.98 Å². The van der Waals surface area contributed by atoms with Crippen molar-refractivity contribution in [2.24, 2.45) is 5.41 Å². The summed E-state index contributed by atoms with van der Waals surface area (Å²) < 4.78 is 0. The first-order valence-corrected chi connectivity index (χ1v) is 4.99. The summed E-state index contributed by atoms with van der Waals surface area (Å²) in [5.74, 6) is 0.263. The molecule has 1 rings (SSSR count). The standard InChI is InChI=1S/C12H17NO/c1-4-12(2,3)11(14)9-10-7-5-6-8-13-10/h5-8H,4,9H2,1-3H3. The summed E-state index contributed by atoms with van der Waals surface area (Å²) >= 11 is 0. The Hall–Kier alpha value is -1.18. The van der Waals surface area contributed by atoms with Gasteiger partial charge < -0.3 is 0 Å². The van der Waals surface area contributed by atoms with Crippen LogP contribution in [0.2, 0.25) is 0 Å². The van der Waals surface area contributed by atoms with Crippen LogP contribution in [-0.2, 0) is 11.2 Å². The van der Waals surface area contributed by atoms with Crippen LogP contribution in [0.15, 0.2) is 24.4 Å². The predicted molar refractivity (Wildman–Crippen MR) is 57.0 cm³/mol. The van der Waals surface area contributed by atoms with E-state index >= 15 is 0 Å². The molecule has 0 spiro atoms. The van der Waals surface area contributed by atoms with Crippen molar-refractivity contribution < 1.29 is 4.79 Å². The Labute approximate surface area is 85.4 Å². The highest BCUT2D eigenvalue weighted by molar-refractivity contribution is 5.85. The monoisotopic (exact) mass is 191 g/mol. The fraction of sp³-hybridized carbons (Fsp3) is 0.500. The Balaban J connectivity index is 2.67. The zero-order valence-electron chi connectivity index (χ0n) is 9.08. The predicted octanol–water partition coefficient (Wildman–Crippen LogP) is 2.63. The first-order chi connectivity index (χ1) is 6.56. The number of Topliss-reactive ketones (excluding diaryl/α,β-unsaturated/α-hetero) is 1. The van der Waals surface area contributed by atoms with Crippen LogP contribution in [0.1, 0.15) is 32.9 Å². The van der Waals surface area contributed by atoms with Gasteiger partial charge in [0.15, 0.2) is 0 Å². The van der Waals surface area contributed by atoms with Gasteiger partial charge in [0.05, 0.1) is 0 Å². The highest BCUT2D eigenvalue weighted by Crippen LogP contribution is 2.22. The second kappa shape index (κ2) is 4.36. The summed E-state index contributed by atoms with van der Waals surface area (Å²) in [6, 6.07) is 5.66. The van der Waals surface area contributed by atoms with Crippen molar-refractivity contribution in [2.45, 2.75) is 33.6 Å². The molecule has 1 heterocycles. The number of carbonyl (C=O) groups excluding carboxylic acids is 1. The maximum atomic E-state index is 11.8. The van der Waals surface area contributed by atoms with E-state index in [4.69, 9.17) is 0 Å². The quantitative estimate of drug-likeness (QED) is 0.732. The van der Waals surface area contributed by atoms with Crippen LogP contribution >= 0.6 is 0 Å². The fourth-order valence-electron chi connectivity index (χ4n) is 1.10. The molecule has 1 aromatic heterocycles. The van der Waals surface area contributed by atoms with Crippen LogP contribution in [-0.4, -0.2) is 10.8 Å². The largest absolute Gasteiger partial charge is 0.299 e. The van der Waals surface area contributed by atoms with Crippen LogP contribution in [0.3, 0.4) is 0 Å². The summed E-state index contributed by atoms with van der Waals surface area (Å²) in [5, 5.41) is 0. The summed E-state index contributed by atoms with van der Waals surface area (Å²) in [5.41, 5.74) is 0.636. The number of carbonyl (C=O) groups is 1. The van der Waals surface area contributed by atoms with Crippen molar-refractivity contribution in [3.63, 3.8) is 0 Å². The zero-order valence-corrected chi connectivity index (χ0v) is 9.08. The van der Waals surface area contributed by atoms with E-state index < -0.39 is 0 Å². The molecule has 0 atom stereocenters. The number of ketones is 1. The molecule has 0 aliphatic heterocycles. The second-order valence-corrected chi connectivity index (χ2v) is 4.16. The van der Waals surface area contributed by atoms with Gasteiger partial charge >= 0.3 is 0 Å². The van der Waals surface area contributed by atoms with E-state index in [1.165, 1.54) is 0 Å². The molecule has 0 saturated heterocycles. The topological polar surface area (TPSA) is 30.0 Å². The average Bonchev–Trinajstić information content (AvgIpc) is 2.19. The lowest BCUT2D eigenvalue weighted by Gasteiger charge is -2.20. The molecule has 2 heteroatoms. The highest BCUT2D eigenvalue weighted by Gasteiger charge is 2.24. The smallest absolute Gasteiger partial charge is 0.144 e. The number of pyridine rings is 1. The highest BCUT2D eigenvalue weighted by atomic mass is 16.1. The van der Waals surface area contributed by atoms with E-state index in [2.05, 4.69) is 4.98 Å². The third-order valence-electron chi connectivity index (χ3n) is 2.71. The lowest BCUT2D eigenvalue weighted by atomic mass is 9.83. The molecular formula is C12H17NO. The van der Waals surface area contributed by atoms with Crippen molar-refractivity contribution in [1.29, 1.82) is 0 Å². The minimum atomic E-state index is -0.225. The van der Waals surface area contributed by atoms with Gasteiger partial charge in [-0.15, -0.1) is 0 Å². The summed E-state index contributed by atoms with van der Waals surface area (Å²) in [4.78, 5) is 16.0. The molecule has 1 aromatic rings. The Morgan fingerprint density at radius 2 is 2.14 bits per heavy atom. The second-order valence-electron chi connectivity index (χ2n) is 4.16. The van der Waals surface area contributed by atoms with Gasteiger partial charge in [0.2, 0.25) is 0 Å². The molecule has 2 nitrogen and oxygen atoms in total. The minimum absolute atomic E-state index is 0.225. The summed E-state index contributed by atoms with van der Waals surface area (Å²) in [7, 11) is 0. The Bertz CT molecular complexity index is 303. The van der Waals surface area contributed by atoms with Gasteiger partial charge in [0, 0.05) is 23.7 Å². The molecule has 0 N–H and O–H groups in total. The average molecular weight is 191 g/mol. The molecule has 0 fully saturated rings. The Morgan fingerprint density at radius 1 is 1.43 bits per heavy atom. The molecule has 0 aromatic carbocycles. The molecule has 0 aliphatic rings. The number of aromatic nitrogens is 1. The lowest BCUT2D eigenvalue weighted by molar-refractivity contribution is -0.126. The fourth-order valence-corrected chi connectivity index (χ4v) is 1.10. The van der Waals surface area contributed by atoms with E-state index in [-0.39, 0.29) is 11.2 Å². The summed E-state index contributed by atoms with van der Waals surface area (Å²) in [6.07, 6.45) is 3.04. The summed E-state index contributed by atoms with van der Waals surface area (Å²) in [6.45, 7) is 6.01. The third-order valence-corrected chi connectivity index (χ3v) is 2.71. The SMILES string of the molecule is CCC(C)(C)C(=O)Cc1ccccn1. The lowest BCUT2D eigenvalue weighted by Crippen LogP contribution is -2.25. The van der Waals surface area contributed by atoms with E-state index in [1.54, 1.807) is 6.20 Å². The molecule has 76 valence electrons. The Kier molecular flexibility index (Phi) is 3.39. The van der Waals surface area contributed by atoms with Crippen molar-refractivity contribution >= 4 is 5.78 Å². The molecule has 0 amide bonds. The van der Waals surface area contributed by atoms with E-state index in [1.807, 2.05) is 39.0 Å². The molecule has 14 heavy (non-hydrogen) atoms. The van der Waals surface area contributed by atoms with Crippen LogP contribution < -0.4 is 0 Å². The normalized spacial score (nSPS) is 11.4. The molecule has 0 aliphatic carbocycles. The van der Waals surface area contributed by atoms with Gasteiger partial charge in [0.1, 0.15) is 5.78 Å². The van der Waals surface area contributed by atoms with Crippen LogP contribution in [0.4, 0.5) is 0 Å². The first-order valence-electron chi connectivity index (χ1n) is 4.99. The molecule has 0 saturated carbocycles. The van der Waals surface area contributed by atoms with E-state index in [0.717, 1.165) is 12.1 Å². The third kappa shape index (κ3) is 2.66. The zero-order chi connectivity index (χ0) is 10.6. The first kappa shape index (κ1) is 10.9. The molecule has 0 bridgehead atoms. The van der Waals surface area contributed by atoms with Crippen molar-refractivity contribution in [2.75, 3.05) is 0 Å². The van der Waals surface area contributed by atoms with Gasteiger partial charge in [-0.25, -0.2) is 0 Å². The van der Waals surface area contributed by atoms with Crippen molar-refractivity contribution in [3.05, 3.63) is 30.1 Å². The number of hydrogen-bond acceptors (Lipinski definition) is 2. The van der Waals surface area contributed by atoms with Gasteiger partial charge in [-0.05, 0) is 18.6 Å². The number of nitrogens with zero attached hydrogens (tertiary/aromatic N) is 1. The van der Waals surface area contributed by atoms with Gasteiger partial charge in [0.25, 0.3) is 0 Å². The maximum Gasteiger partial charge on any atom is 0.144 e. The van der Waals surface area contributed by atoms with Gasteiger partial charge in [-0.3, -0.25) is 9.78 Å². The van der Waals surface area contributed by atoms with Gasteiger partial charge in [-0.1, -0.05) is 26.8 Å². The van der Waals surface area contributed by atoms with E-state index in [0.29, 0.717) is 6.42 Å². The molecule has 0 unspecified atom stereocenters.